The van der Waals surface area contributed by atoms with Gasteiger partial charge in [-0.05, 0) is 90.7 Å². The standard InChI is InChI=1S/C31H28ClN3O2/c1-4-5-28(36)20-7-10-23(11-8-20)35-30-16-25-21(17-33-30)18-34-31(26-15-22(32)9-12-24(25)26)27-14-19(2)6-13-29(27)37-3/h5-17,36H,4,18H2,1-3H3,(H,33,35)/b28-5-. The zero-order valence-electron chi connectivity index (χ0n) is 21.0. The van der Waals surface area contributed by atoms with Gasteiger partial charge in [-0.15, -0.1) is 0 Å². The first-order valence-corrected chi connectivity index (χ1v) is 12.6. The summed E-state index contributed by atoms with van der Waals surface area (Å²) in [4.78, 5) is 9.67. The minimum atomic E-state index is 0.286. The highest BCUT2D eigenvalue weighted by Crippen LogP contribution is 2.37. The van der Waals surface area contributed by atoms with Gasteiger partial charge in [-0.2, -0.15) is 0 Å². The number of fused-ring (bicyclic) bond motifs is 3. The van der Waals surface area contributed by atoms with Gasteiger partial charge in [0.2, 0.25) is 0 Å². The molecule has 1 aromatic heterocycles. The maximum atomic E-state index is 10.1. The normalized spacial score (nSPS) is 12.8. The average Bonchev–Trinajstić information content (AvgIpc) is 3.05. The third-order valence-electron chi connectivity index (χ3n) is 6.38. The Balaban J connectivity index is 1.54. The van der Waals surface area contributed by atoms with Gasteiger partial charge in [-0.3, -0.25) is 4.99 Å². The van der Waals surface area contributed by atoms with Crippen LogP contribution in [0.5, 0.6) is 5.75 Å². The van der Waals surface area contributed by atoms with Gasteiger partial charge in [0.25, 0.3) is 0 Å². The Morgan fingerprint density at radius 1 is 1.00 bits per heavy atom. The first kappa shape index (κ1) is 24.6. The molecule has 1 aliphatic heterocycles. The highest BCUT2D eigenvalue weighted by atomic mass is 35.5. The van der Waals surface area contributed by atoms with Crippen molar-refractivity contribution in [2.75, 3.05) is 12.4 Å². The van der Waals surface area contributed by atoms with Gasteiger partial charge in [0.1, 0.15) is 17.3 Å². The van der Waals surface area contributed by atoms with E-state index in [2.05, 4.69) is 29.4 Å². The molecule has 0 atom stereocenters. The highest BCUT2D eigenvalue weighted by molar-refractivity contribution is 6.31. The SMILES string of the molecule is CC/C=C(\O)c1ccc(Nc2cc3c(cn2)CN=C(c2cc(C)ccc2OC)c2cc(Cl)ccc2-3)cc1. The van der Waals surface area contributed by atoms with Crippen LogP contribution in [0.1, 0.15) is 41.2 Å². The second-order valence-corrected chi connectivity index (χ2v) is 9.42. The van der Waals surface area contributed by atoms with Crippen molar-refractivity contribution in [1.29, 1.82) is 0 Å². The predicted octanol–water partition coefficient (Wildman–Crippen LogP) is 8.12. The molecule has 0 radical (unpaired) electrons. The van der Waals surface area contributed by atoms with E-state index in [-0.39, 0.29) is 5.76 Å². The van der Waals surface area contributed by atoms with Crippen LogP contribution in [0, 0.1) is 6.92 Å². The third kappa shape index (κ3) is 5.09. The highest BCUT2D eigenvalue weighted by Gasteiger charge is 2.22. The average molecular weight is 510 g/mol. The molecule has 0 fully saturated rings. The topological polar surface area (TPSA) is 66.7 Å². The Hall–Kier alpha value is -4.09. The van der Waals surface area contributed by atoms with Crippen molar-refractivity contribution in [2.24, 2.45) is 4.99 Å². The monoisotopic (exact) mass is 509 g/mol. The number of hydrogen-bond donors (Lipinski definition) is 2. The van der Waals surface area contributed by atoms with Crippen LogP contribution in [-0.2, 0) is 6.54 Å². The molecule has 2 heterocycles. The van der Waals surface area contributed by atoms with Crippen LogP contribution in [0.4, 0.5) is 11.5 Å². The van der Waals surface area contributed by atoms with Crippen molar-refractivity contribution in [3.05, 3.63) is 112 Å². The number of nitrogens with zero attached hydrogens (tertiary/aromatic N) is 2. The summed E-state index contributed by atoms with van der Waals surface area (Å²) < 4.78 is 5.68. The number of hydrogen-bond acceptors (Lipinski definition) is 5. The number of pyridine rings is 1. The number of rotatable bonds is 6. The minimum absolute atomic E-state index is 0.286. The number of allylic oxidation sites excluding steroid dienone is 1. The van der Waals surface area contributed by atoms with Crippen LogP contribution in [0.3, 0.4) is 0 Å². The number of aromatic nitrogens is 1. The number of anilines is 2. The summed E-state index contributed by atoms with van der Waals surface area (Å²) in [6, 6.07) is 21.7. The molecule has 37 heavy (non-hydrogen) atoms. The van der Waals surface area contributed by atoms with E-state index in [1.807, 2.05) is 67.7 Å². The van der Waals surface area contributed by atoms with E-state index in [1.54, 1.807) is 13.2 Å². The van der Waals surface area contributed by atoms with Gasteiger partial charge in [-0.1, -0.05) is 36.2 Å². The van der Waals surface area contributed by atoms with Gasteiger partial charge < -0.3 is 15.2 Å². The van der Waals surface area contributed by atoms with Gasteiger partial charge in [0, 0.05) is 33.6 Å². The first-order chi connectivity index (χ1) is 18.0. The van der Waals surface area contributed by atoms with Crippen LogP contribution in [-0.4, -0.2) is 22.9 Å². The summed E-state index contributed by atoms with van der Waals surface area (Å²) in [6.07, 6.45) is 4.45. The number of aliphatic imine (C=N–C) groups is 1. The molecule has 3 aromatic carbocycles. The van der Waals surface area contributed by atoms with Crippen molar-refractivity contribution in [1.82, 2.24) is 4.98 Å². The molecule has 0 spiro atoms. The second kappa shape index (κ2) is 10.5. The molecule has 5 rings (SSSR count). The molecule has 4 aromatic rings. The molecule has 186 valence electrons. The summed E-state index contributed by atoms with van der Waals surface area (Å²) in [5.41, 5.74) is 8.64. The first-order valence-electron chi connectivity index (χ1n) is 12.2. The third-order valence-corrected chi connectivity index (χ3v) is 6.62. The lowest BCUT2D eigenvalue weighted by Crippen LogP contribution is -2.07. The van der Waals surface area contributed by atoms with Crippen LogP contribution < -0.4 is 10.1 Å². The predicted molar refractivity (Wildman–Crippen MR) is 152 cm³/mol. The van der Waals surface area contributed by atoms with E-state index in [1.165, 1.54) is 0 Å². The zero-order valence-corrected chi connectivity index (χ0v) is 21.8. The molecule has 0 bridgehead atoms. The number of halogens is 1. The molecule has 2 N–H and O–H groups in total. The molecule has 0 saturated heterocycles. The molecule has 0 saturated carbocycles. The molecular weight excluding hydrogens is 482 g/mol. The van der Waals surface area contributed by atoms with Crippen LogP contribution in [0.15, 0.2) is 84.0 Å². The second-order valence-electron chi connectivity index (χ2n) is 8.99. The fourth-order valence-electron chi connectivity index (χ4n) is 4.55. The summed E-state index contributed by atoms with van der Waals surface area (Å²) in [5, 5.41) is 14.2. The van der Waals surface area contributed by atoms with Crippen molar-refractivity contribution >= 4 is 34.6 Å². The van der Waals surface area contributed by atoms with Crippen LogP contribution in [0.25, 0.3) is 16.9 Å². The molecule has 0 unspecified atom stereocenters. The van der Waals surface area contributed by atoms with Crippen molar-refractivity contribution in [2.45, 2.75) is 26.8 Å². The number of nitrogens with one attached hydrogen (secondary N) is 1. The van der Waals surface area contributed by atoms with E-state index >= 15 is 0 Å². The van der Waals surface area contributed by atoms with Gasteiger partial charge in [-0.25, -0.2) is 4.98 Å². The fraction of sp³-hybridized carbons (Fsp3) is 0.161. The quantitative estimate of drug-likeness (QED) is 0.257. The number of aryl methyl sites for hydroxylation is 1. The van der Waals surface area contributed by atoms with E-state index in [0.29, 0.717) is 11.6 Å². The summed E-state index contributed by atoms with van der Waals surface area (Å²) >= 11 is 6.48. The Morgan fingerprint density at radius 2 is 1.81 bits per heavy atom. The number of aliphatic hydroxyl groups excluding tert-OH is 1. The Labute approximate surface area is 222 Å². The van der Waals surface area contributed by atoms with E-state index in [4.69, 9.17) is 21.3 Å². The molecule has 0 aliphatic carbocycles. The smallest absolute Gasteiger partial charge is 0.130 e. The lowest BCUT2D eigenvalue weighted by molar-refractivity contribution is 0.414. The largest absolute Gasteiger partial charge is 0.508 e. The molecule has 1 aliphatic rings. The van der Waals surface area contributed by atoms with Crippen LogP contribution in [0.2, 0.25) is 5.02 Å². The Bertz CT molecular complexity index is 1520. The lowest BCUT2D eigenvalue weighted by atomic mass is 9.92. The minimum Gasteiger partial charge on any atom is -0.508 e. The molecule has 5 nitrogen and oxygen atoms in total. The fourth-order valence-corrected chi connectivity index (χ4v) is 4.72. The van der Waals surface area contributed by atoms with E-state index in [0.717, 1.165) is 68.3 Å². The van der Waals surface area contributed by atoms with E-state index in [9.17, 15) is 5.11 Å². The summed E-state index contributed by atoms with van der Waals surface area (Å²) in [6.45, 7) is 4.54. The van der Waals surface area contributed by atoms with Crippen molar-refractivity contribution < 1.29 is 9.84 Å². The van der Waals surface area contributed by atoms with Gasteiger partial charge in [0.15, 0.2) is 0 Å². The number of aliphatic hydroxyl groups is 1. The zero-order chi connectivity index (χ0) is 25.9. The van der Waals surface area contributed by atoms with Crippen molar-refractivity contribution in [3.63, 3.8) is 0 Å². The molecule has 6 heteroatoms. The van der Waals surface area contributed by atoms with Gasteiger partial charge >= 0.3 is 0 Å². The summed E-state index contributed by atoms with van der Waals surface area (Å²) in [5.74, 6) is 1.77. The van der Waals surface area contributed by atoms with Crippen molar-refractivity contribution in [3.8, 4) is 16.9 Å². The number of methoxy groups -OCH3 is 1. The summed E-state index contributed by atoms with van der Waals surface area (Å²) in [7, 11) is 1.68. The number of benzene rings is 3. The molecule has 0 amide bonds. The maximum absolute atomic E-state index is 10.1. The van der Waals surface area contributed by atoms with Gasteiger partial charge in [0.05, 0.1) is 19.4 Å². The van der Waals surface area contributed by atoms with E-state index < -0.39 is 0 Å². The Morgan fingerprint density at radius 3 is 2.57 bits per heavy atom. The number of ether oxygens (including phenoxy) is 1. The maximum Gasteiger partial charge on any atom is 0.130 e. The Kier molecular flexibility index (Phi) is 6.97. The van der Waals surface area contributed by atoms with Crippen LogP contribution >= 0.6 is 11.6 Å². The lowest BCUT2D eigenvalue weighted by Gasteiger charge is -2.15. The molecular formula is C31H28ClN3O2.